The molecule has 0 aromatic carbocycles. The molecule has 2 heterocycles. The van der Waals surface area contributed by atoms with Gasteiger partial charge in [-0.05, 0) is 37.9 Å². The molecular weight excluding hydrogens is 298 g/mol. The Hall–Kier alpha value is -1.22. The highest BCUT2D eigenvalue weighted by Gasteiger charge is 2.18. The van der Waals surface area contributed by atoms with Gasteiger partial charge < -0.3 is 9.73 Å². The summed E-state index contributed by atoms with van der Waals surface area (Å²) in [5.41, 5.74) is 1.72. The van der Waals surface area contributed by atoms with Crippen LogP contribution in [-0.4, -0.2) is 20.4 Å². The minimum absolute atomic E-state index is 0.0519. The number of hydrogen-bond donors (Lipinski definition) is 2. The molecule has 2 N–H and O–H groups in total. The molecule has 0 spiro atoms. The van der Waals surface area contributed by atoms with E-state index in [0.29, 0.717) is 22.4 Å². The van der Waals surface area contributed by atoms with Crippen molar-refractivity contribution in [3.8, 4) is 0 Å². The predicted octanol–water partition coefficient (Wildman–Crippen LogP) is 1.55. The molecule has 6 nitrogen and oxygen atoms in total. The molecule has 0 aliphatic rings. The number of rotatable bonds is 6. The van der Waals surface area contributed by atoms with E-state index >= 15 is 0 Å². The third-order valence-electron chi connectivity index (χ3n) is 2.76. The Morgan fingerprint density at radius 2 is 2.10 bits per heavy atom. The van der Waals surface area contributed by atoms with Gasteiger partial charge >= 0.3 is 0 Å². The zero-order valence-electron chi connectivity index (χ0n) is 11.6. The maximum absolute atomic E-state index is 12.1. The first-order valence-electron chi connectivity index (χ1n) is 6.07. The average molecular weight is 315 g/mol. The molecule has 20 heavy (non-hydrogen) atoms. The summed E-state index contributed by atoms with van der Waals surface area (Å²) in [6.45, 7) is 4.31. The summed E-state index contributed by atoms with van der Waals surface area (Å²) in [5.74, 6) is 1.07. The summed E-state index contributed by atoms with van der Waals surface area (Å²) in [6, 6.07) is 1.66. The van der Waals surface area contributed by atoms with Crippen molar-refractivity contribution in [1.29, 1.82) is 0 Å². The molecule has 0 atom stereocenters. The van der Waals surface area contributed by atoms with Crippen LogP contribution in [0.1, 0.15) is 22.9 Å². The van der Waals surface area contributed by atoms with Crippen LogP contribution in [0.25, 0.3) is 0 Å². The summed E-state index contributed by atoms with van der Waals surface area (Å²) in [6.07, 6.45) is 0. The number of nitrogens with zero attached hydrogens (tertiary/aromatic N) is 1. The maximum atomic E-state index is 12.1. The summed E-state index contributed by atoms with van der Waals surface area (Å²) < 4.78 is 32.4. The molecule has 0 amide bonds. The van der Waals surface area contributed by atoms with Crippen molar-refractivity contribution >= 4 is 21.4 Å². The third-order valence-corrected chi connectivity index (χ3v) is 5.65. The number of nitrogens with one attached hydrogen (secondary N) is 2. The fraction of sp³-hybridized carbons (Fsp3) is 0.417. The van der Waals surface area contributed by atoms with Crippen LogP contribution in [0.3, 0.4) is 0 Å². The van der Waals surface area contributed by atoms with Crippen molar-refractivity contribution < 1.29 is 12.8 Å². The molecule has 0 fully saturated rings. The van der Waals surface area contributed by atoms with E-state index in [2.05, 4.69) is 15.0 Å². The van der Waals surface area contributed by atoms with E-state index in [1.165, 1.54) is 11.3 Å². The van der Waals surface area contributed by atoms with Gasteiger partial charge in [-0.3, -0.25) is 0 Å². The second-order valence-corrected chi connectivity index (χ2v) is 7.28. The van der Waals surface area contributed by atoms with E-state index in [1.807, 2.05) is 19.4 Å². The topological polar surface area (TPSA) is 84.2 Å². The number of hydrogen-bond acceptors (Lipinski definition) is 6. The highest BCUT2D eigenvalue weighted by molar-refractivity contribution is 7.91. The molecule has 0 radical (unpaired) electrons. The first kappa shape index (κ1) is 15.2. The Bertz CT molecular complexity index is 669. The summed E-state index contributed by atoms with van der Waals surface area (Å²) in [5, 5.41) is 4.81. The van der Waals surface area contributed by atoms with Crippen LogP contribution in [-0.2, 0) is 23.1 Å². The second-order valence-electron chi connectivity index (χ2n) is 4.38. The van der Waals surface area contributed by atoms with E-state index in [9.17, 15) is 8.42 Å². The number of sulfonamides is 1. The van der Waals surface area contributed by atoms with Crippen molar-refractivity contribution in [3.05, 3.63) is 34.4 Å². The summed E-state index contributed by atoms with van der Waals surface area (Å²) in [7, 11) is -1.70. The maximum Gasteiger partial charge on any atom is 0.250 e. The van der Waals surface area contributed by atoms with Gasteiger partial charge in [0.15, 0.2) is 0 Å². The fourth-order valence-electron chi connectivity index (χ4n) is 1.63. The van der Waals surface area contributed by atoms with E-state index in [0.717, 1.165) is 11.3 Å². The van der Waals surface area contributed by atoms with Gasteiger partial charge in [0.25, 0.3) is 10.0 Å². The fourth-order valence-corrected chi connectivity index (χ4v) is 3.86. The molecule has 0 bridgehead atoms. The molecule has 110 valence electrons. The molecule has 0 aliphatic heterocycles. The minimum Gasteiger partial charge on any atom is -0.444 e. The van der Waals surface area contributed by atoms with Gasteiger partial charge in [0.05, 0.1) is 12.2 Å². The van der Waals surface area contributed by atoms with Crippen molar-refractivity contribution in [3.63, 3.8) is 0 Å². The normalized spacial score (nSPS) is 11.9. The van der Waals surface area contributed by atoms with Gasteiger partial charge in [0.1, 0.15) is 9.97 Å². The third kappa shape index (κ3) is 3.45. The van der Waals surface area contributed by atoms with Crippen molar-refractivity contribution in [2.45, 2.75) is 31.1 Å². The molecule has 0 unspecified atom stereocenters. The van der Waals surface area contributed by atoms with Crippen LogP contribution in [0.4, 0.5) is 0 Å². The second kappa shape index (κ2) is 6.04. The van der Waals surface area contributed by atoms with Gasteiger partial charge in [0.2, 0.25) is 5.89 Å². The quantitative estimate of drug-likeness (QED) is 0.845. The smallest absolute Gasteiger partial charge is 0.250 e. The Kier molecular flexibility index (Phi) is 4.59. The standard InChI is InChI=1S/C12H17N3O3S2/c1-8-9(2)18-11(15-8)6-14-20(16,17)12-4-10(5-13-3)7-19-12/h4,7,13-14H,5-6H2,1-3H3. The van der Waals surface area contributed by atoms with Gasteiger partial charge in [-0.2, -0.15) is 0 Å². The van der Waals surface area contributed by atoms with Crippen molar-refractivity contribution in [2.24, 2.45) is 0 Å². The molecule has 0 saturated heterocycles. The summed E-state index contributed by atoms with van der Waals surface area (Å²) in [4.78, 5) is 4.14. The Labute approximate surface area is 122 Å². The Morgan fingerprint density at radius 3 is 2.70 bits per heavy atom. The average Bonchev–Trinajstić information content (AvgIpc) is 2.96. The molecule has 2 rings (SSSR count). The number of oxazole rings is 1. The van der Waals surface area contributed by atoms with E-state index in [1.54, 1.807) is 13.0 Å². The molecule has 2 aromatic heterocycles. The summed E-state index contributed by atoms with van der Waals surface area (Å²) >= 11 is 1.20. The zero-order valence-corrected chi connectivity index (χ0v) is 13.2. The SMILES string of the molecule is CNCc1csc(S(=O)(=O)NCc2nc(C)c(C)o2)c1. The molecule has 0 saturated carbocycles. The lowest BCUT2D eigenvalue weighted by Crippen LogP contribution is -2.22. The minimum atomic E-state index is -3.52. The monoisotopic (exact) mass is 315 g/mol. The van der Waals surface area contributed by atoms with E-state index in [4.69, 9.17) is 4.42 Å². The lowest BCUT2D eigenvalue weighted by atomic mass is 10.3. The lowest BCUT2D eigenvalue weighted by Gasteiger charge is -2.01. The van der Waals surface area contributed by atoms with Crippen molar-refractivity contribution in [2.75, 3.05) is 7.05 Å². The first-order chi connectivity index (χ1) is 9.42. The Morgan fingerprint density at radius 1 is 1.35 bits per heavy atom. The van der Waals surface area contributed by atoms with E-state index in [-0.39, 0.29) is 6.54 Å². The van der Waals surface area contributed by atoms with Gasteiger partial charge in [0, 0.05) is 6.54 Å². The molecular formula is C12H17N3O3S2. The van der Waals surface area contributed by atoms with E-state index < -0.39 is 10.0 Å². The number of aryl methyl sites for hydroxylation is 2. The largest absolute Gasteiger partial charge is 0.444 e. The van der Waals surface area contributed by atoms with Gasteiger partial charge in [-0.15, -0.1) is 11.3 Å². The van der Waals surface area contributed by atoms with Crippen LogP contribution in [0.2, 0.25) is 0 Å². The number of aromatic nitrogens is 1. The highest BCUT2D eigenvalue weighted by atomic mass is 32.2. The number of thiophene rings is 1. The van der Waals surface area contributed by atoms with Crippen LogP contribution in [0, 0.1) is 13.8 Å². The Balaban J connectivity index is 2.06. The van der Waals surface area contributed by atoms with Gasteiger partial charge in [-0.25, -0.2) is 18.1 Å². The van der Waals surface area contributed by atoms with Crippen LogP contribution < -0.4 is 10.0 Å². The molecule has 2 aromatic rings. The lowest BCUT2D eigenvalue weighted by molar-refractivity contribution is 0.463. The molecule has 0 aliphatic carbocycles. The zero-order chi connectivity index (χ0) is 14.8. The van der Waals surface area contributed by atoms with Crippen molar-refractivity contribution in [1.82, 2.24) is 15.0 Å². The first-order valence-corrected chi connectivity index (χ1v) is 8.43. The highest BCUT2D eigenvalue weighted by Crippen LogP contribution is 2.20. The van der Waals surface area contributed by atoms with Crippen LogP contribution >= 0.6 is 11.3 Å². The van der Waals surface area contributed by atoms with Crippen LogP contribution in [0.15, 0.2) is 20.1 Å². The van der Waals surface area contributed by atoms with Gasteiger partial charge in [-0.1, -0.05) is 0 Å². The van der Waals surface area contributed by atoms with Crippen LogP contribution in [0.5, 0.6) is 0 Å². The molecule has 8 heteroatoms. The predicted molar refractivity (Wildman–Crippen MR) is 77.1 cm³/mol.